The summed E-state index contributed by atoms with van der Waals surface area (Å²) >= 11 is 0. The summed E-state index contributed by atoms with van der Waals surface area (Å²) in [6.45, 7) is 3.21. The molecule has 0 aromatic heterocycles. The average Bonchev–Trinajstić information content (AvgIpc) is 3.13. The van der Waals surface area contributed by atoms with Gasteiger partial charge in [-0.3, -0.25) is 14.4 Å². The fourth-order valence-corrected chi connectivity index (χ4v) is 7.21. The lowest BCUT2D eigenvalue weighted by Gasteiger charge is -2.40. The van der Waals surface area contributed by atoms with E-state index in [1.54, 1.807) is 51.2 Å². The van der Waals surface area contributed by atoms with Gasteiger partial charge in [-0.05, 0) is 100 Å². The molecule has 1 saturated carbocycles. The molecule has 2 fully saturated rings. The maximum atomic E-state index is 14.5. The van der Waals surface area contributed by atoms with E-state index in [-0.39, 0.29) is 18.4 Å². The van der Waals surface area contributed by atoms with Crippen LogP contribution in [0, 0.1) is 5.92 Å². The molecule has 2 aliphatic heterocycles. The Bertz CT molecular complexity index is 1540. The fraction of sp³-hybridized carbons (Fsp3) is 0.579. The third kappa shape index (κ3) is 8.81. The number of amides is 3. The molecule has 5 rings (SSSR count). The molecule has 1 aliphatic carbocycles. The van der Waals surface area contributed by atoms with Crippen molar-refractivity contribution < 1.29 is 42.9 Å². The van der Waals surface area contributed by atoms with E-state index >= 15 is 0 Å². The van der Waals surface area contributed by atoms with Crippen LogP contribution in [0.1, 0.15) is 88.9 Å². The molecule has 2 N–H and O–H groups in total. The molecule has 3 aliphatic rings. The van der Waals surface area contributed by atoms with E-state index < -0.39 is 41.5 Å². The molecule has 272 valence electrons. The Morgan fingerprint density at radius 1 is 0.860 bits per heavy atom. The van der Waals surface area contributed by atoms with Gasteiger partial charge in [0.2, 0.25) is 11.8 Å². The third-order valence-corrected chi connectivity index (χ3v) is 10.0. The van der Waals surface area contributed by atoms with Gasteiger partial charge >= 0.3 is 5.97 Å². The van der Waals surface area contributed by atoms with Crippen molar-refractivity contribution in [3.05, 3.63) is 47.5 Å². The van der Waals surface area contributed by atoms with Crippen LogP contribution in [0.3, 0.4) is 0 Å². The zero-order chi connectivity index (χ0) is 35.8. The number of nitrogens with zero attached hydrogens (tertiary/aromatic N) is 1. The molecule has 2 aromatic carbocycles. The smallest absolute Gasteiger partial charge is 0.329 e. The Balaban J connectivity index is 1.52. The van der Waals surface area contributed by atoms with Gasteiger partial charge in [-0.1, -0.05) is 25.3 Å². The Hall–Kier alpha value is -4.48. The number of rotatable bonds is 7. The molecule has 12 heteroatoms. The number of carbonyl (C=O) groups is 4. The molecule has 3 atom stereocenters. The van der Waals surface area contributed by atoms with Crippen molar-refractivity contribution >= 4 is 23.7 Å². The lowest BCUT2D eigenvalue weighted by Crippen LogP contribution is -2.63. The summed E-state index contributed by atoms with van der Waals surface area (Å²) in [6.07, 6.45) is 6.67. The highest BCUT2D eigenvalue weighted by molar-refractivity contribution is 5.95. The maximum Gasteiger partial charge on any atom is 0.329 e. The number of carbonyl (C=O) groups excluding carboxylic acids is 4. The number of aryl methyl sites for hydroxylation is 1. The number of ether oxygens (including phenoxy) is 5. The lowest BCUT2D eigenvalue weighted by molar-refractivity contribution is -0.163. The third-order valence-electron chi connectivity index (χ3n) is 10.0. The fourth-order valence-electron chi connectivity index (χ4n) is 7.21. The van der Waals surface area contributed by atoms with Gasteiger partial charge in [0.15, 0.2) is 18.1 Å². The van der Waals surface area contributed by atoms with E-state index in [2.05, 4.69) is 10.6 Å². The standard InChI is InChI=1S/C38H51N3O9/c1-38(2)37(45)39-34(25-11-7-6-8-12-25)35(43)41-18-10-9-13-29(41)36(44)50-30(16-14-24-15-17-31(47-4)32(19-24)48-5)26-20-27(46-3)22-28(21-26)49-23-33(42)40-38/h15,17,19-22,25,29-30,34H,6-14,16,18,23H2,1-5H3,(H,39,45)(H,40,42)/t29-,30+,34+/m0/s1. The van der Waals surface area contributed by atoms with E-state index in [4.69, 9.17) is 23.7 Å². The quantitative estimate of drug-likeness (QED) is 0.396. The Morgan fingerprint density at radius 2 is 1.60 bits per heavy atom. The first kappa shape index (κ1) is 36.8. The van der Waals surface area contributed by atoms with E-state index in [1.807, 2.05) is 18.2 Å². The Labute approximate surface area is 294 Å². The van der Waals surface area contributed by atoms with Gasteiger partial charge in [0.1, 0.15) is 35.2 Å². The number of benzene rings is 2. The summed E-state index contributed by atoms with van der Waals surface area (Å²) in [5.41, 5.74) is 0.224. The summed E-state index contributed by atoms with van der Waals surface area (Å²) in [6, 6.07) is 9.16. The summed E-state index contributed by atoms with van der Waals surface area (Å²) in [7, 11) is 4.67. The van der Waals surface area contributed by atoms with Crippen LogP contribution >= 0.6 is 0 Å². The molecular formula is C38H51N3O9. The molecular weight excluding hydrogens is 642 g/mol. The molecule has 12 nitrogen and oxygen atoms in total. The topological polar surface area (TPSA) is 142 Å². The maximum absolute atomic E-state index is 14.5. The highest BCUT2D eigenvalue weighted by atomic mass is 16.5. The normalized spacial score (nSPS) is 23.7. The minimum atomic E-state index is -1.34. The summed E-state index contributed by atoms with van der Waals surface area (Å²) in [5, 5.41) is 5.77. The number of cyclic esters (lactones) is 1. The first-order valence-corrected chi connectivity index (χ1v) is 17.7. The molecule has 1 saturated heterocycles. The number of nitrogens with one attached hydrogen (secondary N) is 2. The van der Waals surface area contributed by atoms with Gasteiger partial charge in [-0.15, -0.1) is 0 Å². The minimum Gasteiger partial charge on any atom is -0.497 e. The van der Waals surface area contributed by atoms with Crippen LogP contribution < -0.4 is 29.6 Å². The van der Waals surface area contributed by atoms with E-state index in [0.29, 0.717) is 54.4 Å². The van der Waals surface area contributed by atoms with Crippen LogP contribution in [0.4, 0.5) is 0 Å². The minimum absolute atomic E-state index is 0.0844. The number of piperidine rings is 1. The molecule has 2 aromatic rings. The number of methoxy groups -OCH3 is 3. The van der Waals surface area contributed by atoms with Gasteiger partial charge in [0, 0.05) is 12.6 Å². The van der Waals surface area contributed by atoms with Crippen LogP contribution in [-0.2, 0) is 30.3 Å². The average molecular weight is 694 g/mol. The van der Waals surface area contributed by atoms with E-state index in [9.17, 15) is 19.2 Å². The molecule has 50 heavy (non-hydrogen) atoms. The van der Waals surface area contributed by atoms with Gasteiger partial charge in [-0.2, -0.15) is 0 Å². The Morgan fingerprint density at radius 3 is 2.32 bits per heavy atom. The zero-order valence-corrected chi connectivity index (χ0v) is 29.9. The lowest BCUT2D eigenvalue weighted by atomic mass is 9.82. The second kappa shape index (κ2) is 16.5. The highest BCUT2D eigenvalue weighted by Gasteiger charge is 2.42. The van der Waals surface area contributed by atoms with Crippen molar-refractivity contribution in [1.29, 1.82) is 0 Å². The van der Waals surface area contributed by atoms with Crippen molar-refractivity contribution in [3.8, 4) is 23.0 Å². The molecule has 0 unspecified atom stereocenters. The number of fused-ring (bicyclic) bond motifs is 3. The zero-order valence-electron chi connectivity index (χ0n) is 29.9. The number of hydrogen-bond donors (Lipinski definition) is 2. The highest BCUT2D eigenvalue weighted by Crippen LogP contribution is 2.35. The van der Waals surface area contributed by atoms with Gasteiger partial charge in [0.25, 0.3) is 5.91 Å². The summed E-state index contributed by atoms with van der Waals surface area (Å²) < 4.78 is 28.7. The Kier molecular flexibility index (Phi) is 12.1. The van der Waals surface area contributed by atoms with Crippen LogP contribution in [0.15, 0.2) is 36.4 Å². The molecule has 2 bridgehead atoms. The van der Waals surface area contributed by atoms with Crippen LogP contribution in [0.5, 0.6) is 23.0 Å². The van der Waals surface area contributed by atoms with E-state index in [1.165, 1.54) is 7.11 Å². The van der Waals surface area contributed by atoms with Gasteiger partial charge in [-0.25, -0.2) is 4.79 Å². The van der Waals surface area contributed by atoms with Crippen LogP contribution in [0.2, 0.25) is 0 Å². The molecule has 0 spiro atoms. The first-order chi connectivity index (χ1) is 24.0. The summed E-state index contributed by atoms with van der Waals surface area (Å²) in [4.78, 5) is 57.2. The van der Waals surface area contributed by atoms with Crippen molar-refractivity contribution in [3.63, 3.8) is 0 Å². The predicted molar refractivity (Wildman–Crippen MR) is 185 cm³/mol. The van der Waals surface area contributed by atoms with Crippen molar-refractivity contribution in [1.82, 2.24) is 15.5 Å². The SMILES string of the molecule is COc1cc2cc(c1)[C@@H](CCc1ccc(OC)c(OC)c1)OC(=O)[C@@H]1CCCCN1C(=O)[C@@H](C1CCCCC1)NC(=O)C(C)(C)NC(=O)CO2. The monoisotopic (exact) mass is 693 g/mol. The van der Waals surface area contributed by atoms with Crippen molar-refractivity contribution in [2.75, 3.05) is 34.5 Å². The predicted octanol–water partition coefficient (Wildman–Crippen LogP) is 4.66. The van der Waals surface area contributed by atoms with Crippen molar-refractivity contribution in [2.24, 2.45) is 5.92 Å². The van der Waals surface area contributed by atoms with Crippen LogP contribution in [0.25, 0.3) is 0 Å². The molecule has 3 amide bonds. The van der Waals surface area contributed by atoms with Crippen molar-refractivity contribution in [2.45, 2.75) is 102 Å². The van der Waals surface area contributed by atoms with Crippen LogP contribution in [-0.4, -0.2) is 80.7 Å². The molecule has 0 radical (unpaired) electrons. The number of hydrogen-bond acceptors (Lipinski definition) is 9. The van der Waals surface area contributed by atoms with Gasteiger partial charge in [0.05, 0.1) is 21.3 Å². The summed E-state index contributed by atoms with van der Waals surface area (Å²) in [5.74, 6) is 0.121. The van der Waals surface area contributed by atoms with Gasteiger partial charge < -0.3 is 39.2 Å². The first-order valence-electron chi connectivity index (χ1n) is 17.7. The molecule has 2 heterocycles. The largest absolute Gasteiger partial charge is 0.497 e. The number of esters is 1. The second-order valence-electron chi connectivity index (χ2n) is 13.9. The van der Waals surface area contributed by atoms with E-state index in [0.717, 1.165) is 50.5 Å². The second-order valence-corrected chi connectivity index (χ2v) is 13.9.